The molecule has 0 radical (unpaired) electrons. The van der Waals surface area contributed by atoms with Crippen LogP contribution >= 0.6 is 0 Å². The molecule has 0 aliphatic carbocycles. The fourth-order valence-corrected chi connectivity index (χ4v) is 2.79. The Labute approximate surface area is 75.7 Å². The van der Waals surface area contributed by atoms with Crippen molar-refractivity contribution in [3.05, 3.63) is 0 Å². The first-order chi connectivity index (χ1) is 5.87. The maximum absolute atomic E-state index is 13.0. The number of alkyl halides is 2. The average molecular weight is 214 g/mol. The van der Waals surface area contributed by atoms with Gasteiger partial charge in [-0.3, -0.25) is 0 Å². The van der Waals surface area contributed by atoms with Crippen molar-refractivity contribution in [2.75, 3.05) is 18.1 Å². The van der Waals surface area contributed by atoms with Crippen LogP contribution in [0.25, 0.3) is 0 Å². The fraction of sp³-hybridized carbons (Fsp3) is 1.00. The van der Waals surface area contributed by atoms with E-state index in [-0.39, 0.29) is 12.2 Å². The lowest BCUT2D eigenvalue weighted by molar-refractivity contribution is -0.0769. The highest BCUT2D eigenvalue weighted by Gasteiger charge is 2.42. The molecule has 1 saturated heterocycles. The lowest BCUT2D eigenvalue weighted by atomic mass is 9.98. The van der Waals surface area contributed by atoms with Gasteiger partial charge in [-0.2, -0.15) is 0 Å². The molecule has 0 aromatic heterocycles. The van der Waals surface area contributed by atoms with Crippen LogP contribution in [-0.2, 0) is 9.84 Å². The molecule has 78 valence electrons. The van der Waals surface area contributed by atoms with E-state index in [1.807, 2.05) is 0 Å². The van der Waals surface area contributed by atoms with Gasteiger partial charge in [0.25, 0.3) is 5.92 Å². The van der Waals surface area contributed by atoms with Crippen LogP contribution in [0, 0.1) is 5.92 Å². The van der Waals surface area contributed by atoms with Gasteiger partial charge in [-0.1, -0.05) is 0 Å². The molecule has 0 amide bonds. The zero-order chi connectivity index (χ0) is 10.1. The van der Waals surface area contributed by atoms with Crippen molar-refractivity contribution in [1.82, 2.24) is 0 Å². The molecule has 0 bridgehead atoms. The topological polar surface area (TPSA) is 54.4 Å². The molecule has 3 nitrogen and oxygen atoms in total. The highest BCUT2D eigenvalue weighted by atomic mass is 32.2. The van der Waals surface area contributed by atoms with Crippen LogP contribution in [0.3, 0.4) is 0 Å². The van der Waals surface area contributed by atoms with Crippen molar-refractivity contribution < 1.29 is 22.3 Å². The lowest BCUT2D eigenvalue weighted by Crippen LogP contribution is -2.30. The molecule has 1 aliphatic heterocycles. The van der Waals surface area contributed by atoms with Crippen molar-refractivity contribution in [2.24, 2.45) is 5.92 Å². The molecule has 1 unspecified atom stereocenters. The Morgan fingerprint density at radius 3 is 2.54 bits per heavy atom. The zero-order valence-electron chi connectivity index (χ0n) is 7.04. The molecule has 1 fully saturated rings. The zero-order valence-corrected chi connectivity index (χ0v) is 7.86. The highest BCUT2D eigenvalue weighted by molar-refractivity contribution is 7.91. The minimum atomic E-state index is -3.32. The van der Waals surface area contributed by atoms with Gasteiger partial charge < -0.3 is 5.11 Å². The van der Waals surface area contributed by atoms with E-state index in [0.29, 0.717) is 0 Å². The SMILES string of the molecule is O=S1(=O)CCC(CO)C(F)(F)CC1. The lowest BCUT2D eigenvalue weighted by Gasteiger charge is -2.21. The number of rotatable bonds is 1. The van der Waals surface area contributed by atoms with Crippen LogP contribution < -0.4 is 0 Å². The van der Waals surface area contributed by atoms with E-state index in [0.717, 1.165) is 0 Å². The van der Waals surface area contributed by atoms with Gasteiger partial charge >= 0.3 is 0 Å². The van der Waals surface area contributed by atoms with E-state index in [9.17, 15) is 17.2 Å². The van der Waals surface area contributed by atoms with Gasteiger partial charge in [-0.05, 0) is 6.42 Å². The Morgan fingerprint density at radius 2 is 2.00 bits per heavy atom. The third kappa shape index (κ3) is 2.60. The summed E-state index contributed by atoms with van der Waals surface area (Å²) >= 11 is 0. The first kappa shape index (κ1) is 10.8. The van der Waals surface area contributed by atoms with Crippen LogP contribution in [-0.4, -0.2) is 37.6 Å². The van der Waals surface area contributed by atoms with Crippen molar-refractivity contribution in [3.63, 3.8) is 0 Å². The Hall–Kier alpha value is -0.230. The fourth-order valence-electron chi connectivity index (χ4n) is 1.36. The second-order valence-corrected chi connectivity index (χ2v) is 5.63. The largest absolute Gasteiger partial charge is 0.396 e. The number of aliphatic hydroxyl groups is 1. The third-order valence-electron chi connectivity index (χ3n) is 2.34. The monoisotopic (exact) mass is 214 g/mol. The molecule has 1 aliphatic rings. The molecule has 1 heterocycles. The van der Waals surface area contributed by atoms with E-state index in [2.05, 4.69) is 0 Å². The van der Waals surface area contributed by atoms with Gasteiger partial charge in [0.05, 0.1) is 18.1 Å². The average Bonchev–Trinajstić information content (AvgIpc) is 2.10. The van der Waals surface area contributed by atoms with Crippen molar-refractivity contribution in [3.8, 4) is 0 Å². The minimum absolute atomic E-state index is 0.147. The van der Waals surface area contributed by atoms with Crippen LogP contribution in [0.1, 0.15) is 12.8 Å². The van der Waals surface area contributed by atoms with Gasteiger partial charge in [0.2, 0.25) is 0 Å². The molecular weight excluding hydrogens is 202 g/mol. The van der Waals surface area contributed by atoms with Crippen LogP contribution in [0.5, 0.6) is 0 Å². The predicted molar refractivity (Wildman–Crippen MR) is 43.4 cm³/mol. The molecule has 0 spiro atoms. The molecule has 1 atom stereocenters. The first-order valence-electron chi connectivity index (χ1n) is 4.06. The molecule has 13 heavy (non-hydrogen) atoms. The molecule has 1 rings (SSSR count). The summed E-state index contributed by atoms with van der Waals surface area (Å²) in [6, 6.07) is 0. The molecule has 6 heteroatoms. The number of sulfone groups is 1. The molecule has 0 aromatic rings. The normalized spacial score (nSPS) is 32.4. The summed E-state index contributed by atoms with van der Waals surface area (Å²) < 4.78 is 48.1. The van der Waals surface area contributed by atoms with Gasteiger partial charge in [0, 0.05) is 12.3 Å². The van der Waals surface area contributed by atoms with Crippen LogP contribution in [0.2, 0.25) is 0 Å². The number of hydrogen-bond donors (Lipinski definition) is 1. The van der Waals surface area contributed by atoms with Gasteiger partial charge in [0.15, 0.2) is 9.84 Å². The Balaban J connectivity index is 2.81. The summed E-state index contributed by atoms with van der Waals surface area (Å²) in [6.07, 6.45) is -0.813. The van der Waals surface area contributed by atoms with Crippen LogP contribution in [0.4, 0.5) is 8.78 Å². The standard InChI is InChI=1S/C7H12F2O3S/c8-7(9)2-4-13(11,12)3-1-6(7)5-10/h6,10H,1-5H2. The van der Waals surface area contributed by atoms with E-state index in [1.165, 1.54) is 0 Å². The molecule has 1 N–H and O–H groups in total. The Bertz CT molecular complexity index is 273. The number of hydrogen-bond acceptors (Lipinski definition) is 3. The Kier molecular flexibility index (Phi) is 2.91. The molecule has 0 aromatic carbocycles. The predicted octanol–water partition coefficient (Wildman–Crippen LogP) is 0.439. The van der Waals surface area contributed by atoms with Crippen molar-refractivity contribution in [2.45, 2.75) is 18.8 Å². The van der Waals surface area contributed by atoms with Crippen molar-refractivity contribution >= 4 is 9.84 Å². The quantitative estimate of drug-likeness (QED) is 0.689. The summed E-state index contributed by atoms with van der Waals surface area (Å²) in [5.41, 5.74) is 0. The summed E-state index contributed by atoms with van der Waals surface area (Å²) in [6.45, 7) is -0.650. The minimum Gasteiger partial charge on any atom is -0.396 e. The summed E-state index contributed by atoms with van der Waals surface area (Å²) in [7, 11) is -3.32. The highest BCUT2D eigenvalue weighted by Crippen LogP contribution is 2.33. The smallest absolute Gasteiger partial charge is 0.254 e. The second kappa shape index (κ2) is 3.49. The van der Waals surface area contributed by atoms with Crippen molar-refractivity contribution in [1.29, 1.82) is 0 Å². The summed E-state index contributed by atoms with van der Waals surface area (Å²) in [4.78, 5) is 0. The summed E-state index contributed by atoms with van der Waals surface area (Å²) in [5, 5.41) is 8.65. The number of aliphatic hydroxyl groups excluding tert-OH is 1. The van der Waals surface area contributed by atoms with E-state index in [4.69, 9.17) is 5.11 Å². The molecule has 0 saturated carbocycles. The maximum Gasteiger partial charge on any atom is 0.254 e. The number of halogens is 2. The van der Waals surface area contributed by atoms with Gasteiger partial charge in [-0.25, -0.2) is 17.2 Å². The Morgan fingerprint density at radius 1 is 1.38 bits per heavy atom. The molecular formula is C7H12F2O3S. The first-order valence-corrected chi connectivity index (χ1v) is 5.88. The van der Waals surface area contributed by atoms with E-state index in [1.54, 1.807) is 0 Å². The van der Waals surface area contributed by atoms with Crippen LogP contribution in [0.15, 0.2) is 0 Å². The van der Waals surface area contributed by atoms with Gasteiger partial charge in [0.1, 0.15) is 0 Å². The van der Waals surface area contributed by atoms with E-state index < -0.39 is 40.5 Å². The van der Waals surface area contributed by atoms with E-state index >= 15 is 0 Å². The van der Waals surface area contributed by atoms with Gasteiger partial charge in [-0.15, -0.1) is 0 Å². The summed E-state index contributed by atoms with van der Waals surface area (Å²) in [5.74, 6) is -4.97. The maximum atomic E-state index is 13.0. The second-order valence-electron chi connectivity index (χ2n) is 3.33. The third-order valence-corrected chi connectivity index (χ3v) is 4.03.